The van der Waals surface area contributed by atoms with E-state index in [2.05, 4.69) is 10.2 Å². The van der Waals surface area contributed by atoms with Crippen LogP contribution in [0.4, 0.5) is 5.69 Å². The quantitative estimate of drug-likeness (QED) is 0.417. The second-order valence-corrected chi connectivity index (χ2v) is 7.52. The highest BCUT2D eigenvalue weighted by molar-refractivity contribution is 6.07. The summed E-state index contributed by atoms with van der Waals surface area (Å²) in [5.74, 6) is 0.321. The van der Waals surface area contributed by atoms with Crippen molar-refractivity contribution in [1.29, 1.82) is 0 Å². The van der Waals surface area contributed by atoms with Gasteiger partial charge in [-0.05, 0) is 25.1 Å². The molecule has 2 aromatic carbocycles. The Morgan fingerprint density at radius 1 is 1.24 bits per heavy atom. The summed E-state index contributed by atoms with van der Waals surface area (Å²) in [4.78, 5) is 24.5. The van der Waals surface area contributed by atoms with Gasteiger partial charge < -0.3 is 14.6 Å². The molecule has 0 spiro atoms. The van der Waals surface area contributed by atoms with Gasteiger partial charge >= 0.3 is 11.6 Å². The molecule has 0 saturated heterocycles. The number of para-hydroxylation sites is 1. The number of methoxy groups -OCH3 is 2. The predicted molar refractivity (Wildman–Crippen MR) is 122 cm³/mol. The third kappa shape index (κ3) is 4.03. The molecule has 2 heterocycles. The van der Waals surface area contributed by atoms with E-state index in [0.29, 0.717) is 34.9 Å². The summed E-state index contributed by atoms with van der Waals surface area (Å²) in [5, 5.41) is 31.9. The Kier molecular flexibility index (Phi) is 6.17. The number of nitro groups is 1. The van der Waals surface area contributed by atoms with Crippen molar-refractivity contribution < 1.29 is 24.3 Å². The van der Waals surface area contributed by atoms with Gasteiger partial charge in [-0.2, -0.15) is 10.2 Å². The molecule has 4 rings (SSSR count). The van der Waals surface area contributed by atoms with Gasteiger partial charge in [0, 0.05) is 30.2 Å². The lowest BCUT2D eigenvalue weighted by molar-refractivity contribution is -0.385. The minimum Gasteiger partial charge on any atom is -0.508 e. The fraction of sp³-hybridized carbons (Fsp3) is 0.261. The number of hydrazone groups is 1. The van der Waals surface area contributed by atoms with Gasteiger partial charge in [-0.1, -0.05) is 18.2 Å². The van der Waals surface area contributed by atoms with Crippen LogP contribution in [0.5, 0.6) is 17.2 Å². The Bertz CT molecular complexity index is 1280. The first-order valence-electron chi connectivity index (χ1n) is 10.5. The molecule has 0 unspecified atom stereocenters. The molecule has 3 aromatic rings. The third-order valence-corrected chi connectivity index (χ3v) is 5.60. The van der Waals surface area contributed by atoms with E-state index < -0.39 is 22.6 Å². The number of rotatable bonds is 7. The van der Waals surface area contributed by atoms with Gasteiger partial charge in [0.1, 0.15) is 23.4 Å². The zero-order valence-corrected chi connectivity index (χ0v) is 18.8. The van der Waals surface area contributed by atoms with E-state index in [1.54, 1.807) is 50.4 Å². The number of ether oxygens (including phenoxy) is 2. The molecule has 1 aliphatic heterocycles. The molecule has 0 bridgehead atoms. The van der Waals surface area contributed by atoms with Crippen molar-refractivity contribution in [3.8, 4) is 17.2 Å². The molecule has 34 heavy (non-hydrogen) atoms. The van der Waals surface area contributed by atoms with Gasteiger partial charge in [0.25, 0.3) is 0 Å². The normalized spacial score (nSPS) is 15.2. The zero-order valence-electron chi connectivity index (χ0n) is 18.8. The van der Waals surface area contributed by atoms with Crippen LogP contribution in [0, 0.1) is 10.1 Å². The van der Waals surface area contributed by atoms with Crippen LogP contribution in [-0.2, 0) is 6.54 Å². The summed E-state index contributed by atoms with van der Waals surface area (Å²) in [6.45, 7) is 2.12. The van der Waals surface area contributed by atoms with Gasteiger partial charge in [-0.3, -0.25) is 19.6 Å². The second-order valence-electron chi connectivity index (χ2n) is 7.52. The Morgan fingerprint density at radius 3 is 2.65 bits per heavy atom. The molecule has 1 amide bonds. The molecule has 1 atom stereocenters. The van der Waals surface area contributed by atoms with Crippen LogP contribution < -0.4 is 9.47 Å². The fourth-order valence-electron chi connectivity index (χ4n) is 3.88. The lowest BCUT2D eigenvalue weighted by atomic mass is 9.97. The highest BCUT2D eigenvalue weighted by Gasteiger charge is 2.39. The van der Waals surface area contributed by atoms with E-state index in [1.807, 2.05) is 0 Å². The van der Waals surface area contributed by atoms with Crippen molar-refractivity contribution in [1.82, 2.24) is 14.8 Å². The van der Waals surface area contributed by atoms with Crippen molar-refractivity contribution in [2.75, 3.05) is 14.2 Å². The van der Waals surface area contributed by atoms with Gasteiger partial charge in [-0.15, -0.1) is 0 Å². The summed E-state index contributed by atoms with van der Waals surface area (Å²) in [5.41, 5.74) is 0.874. The number of nitrogens with zero attached hydrogens (tertiary/aromatic N) is 5. The fourth-order valence-corrected chi connectivity index (χ4v) is 3.88. The van der Waals surface area contributed by atoms with E-state index >= 15 is 0 Å². The van der Waals surface area contributed by atoms with Crippen LogP contribution in [0.2, 0.25) is 0 Å². The smallest absolute Gasteiger partial charge is 0.320 e. The highest BCUT2D eigenvalue weighted by atomic mass is 16.6. The number of aryl methyl sites for hydroxylation is 1. The van der Waals surface area contributed by atoms with Crippen molar-refractivity contribution in [3.05, 3.63) is 75.6 Å². The van der Waals surface area contributed by atoms with E-state index in [0.717, 1.165) is 5.01 Å². The monoisotopic (exact) mass is 465 g/mol. The summed E-state index contributed by atoms with van der Waals surface area (Å²) < 4.78 is 12.1. The van der Waals surface area contributed by atoms with Crippen LogP contribution in [-0.4, -0.2) is 50.7 Å². The van der Waals surface area contributed by atoms with Gasteiger partial charge in [0.15, 0.2) is 0 Å². The standard InChI is InChI=1S/C23H23N5O6/c1-4-26-13-19(28(31)32)22(25-26)23(30)27-18(16-7-5-6-8-20(16)29)12-17(24-27)15-10-9-14(33-2)11-21(15)34-3/h5-11,13,18,29H,4,12H2,1-3H3/t18-/m1/s1. The predicted octanol–water partition coefficient (Wildman–Crippen LogP) is 3.53. The van der Waals surface area contributed by atoms with Crippen LogP contribution in [0.25, 0.3) is 0 Å². The first-order valence-corrected chi connectivity index (χ1v) is 10.5. The van der Waals surface area contributed by atoms with Gasteiger partial charge in [-0.25, -0.2) is 5.01 Å². The summed E-state index contributed by atoms with van der Waals surface area (Å²) >= 11 is 0. The van der Waals surface area contributed by atoms with Crippen molar-refractivity contribution in [2.24, 2.45) is 5.10 Å². The molecule has 1 N–H and O–H groups in total. The molecular formula is C23H23N5O6. The van der Waals surface area contributed by atoms with E-state index in [4.69, 9.17) is 9.47 Å². The molecule has 0 saturated carbocycles. The molecule has 11 nitrogen and oxygen atoms in total. The highest BCUT2D eigenvalue weighted by Crippen LogP contribution is 2.40. The lowest BCUT2D eigenvalue weighted by Crippen LogP contribution is -2.28. The maximum absolute atomic E-state index is 13.5. The zero-order chi connectivity index (χ0) is 24.4. The molecule has 1 aromatic heterocycles. The minimum absolute atomic E-state index is 0.0166. The van der Waals surface area contributed by atoms with Crippen LogP contribution in [0.15, 0.2) is 53.8 Å². The Morgan fingerprint density at radius 2 is 2.00 bits per heavy atom. The van der Waals surface area contributed by atoms with Gasteiger partial charge in [0.05, 0.1) is 30.9 Å². The number of phenols is 1. The van der Waals surface area contributed by atoms with Gasteiger partial charge in [0.2, 0.25) is 5.69 Å². The Labute approximate surface area is 195 Å². The first-order chi connectivity index (χ1) is 16.4. The SMILES string of the molecule is CCn1cc([N+](=O)[O-])c(C(=O)N2N=C(c3ccc(OC)cc3OC)C[C@@H]2c2ccccc2O)n1. The van der Waals surface area contributed by atoms with Crippen molar-refractivity contribution >= 4 is 17.3 Å². The van der Waals surface area contributed by atoms with E-state index in [-0.39, 0.29) is 17.9 Å². The number of hydrogen-bond acceptors (Lipinski definition) is 8. The average molecular weight is 465 g/mol. The van der Waals surface area contributed by atoms with Crippen LogP contribution >= 0.6 is 0 Å². The Balaban J connectivity index is 1.83. The van der Waals surface area contributed by atoms with E-state index in [9.17, 15) is 20.0 Å². The van der Waals surface area contributed by atoms with E-state index in [1.165, 1.54) is 24.1 Å². The third-order valence-electron chi connectivity index (χ3n) is 5.60. The maximum Gasteiger partial charge on any atom is 0.320 e. The van der Waals surface area contributed by atoms with Crippen molar-refractivity contribution in [2.45, 2.75) is 25.9 Å². The minimum atomic E-state index is -0.741. The van der Waals surface area contributed by atoms with Crippen molar-refractivity contribution in [3.63, 3.8) is 0 Å². The number of carbonyl (C=O) groups excluding carboxylic acids is 1. The number of benzene rings is 2. The van der Waals surface area contributed by atoms with Crippen LogP contribution in [0.3, 0.4) is 0 Å². The summed E-state index contributed by atoms with van der Waals surface area (Å²) in [6.07, 6.45) is 1.46. The summed E-state index contributed by atoms with van der Waals surface area (Å²) in [6, 6.07) is 11.1. The molecule has 0 fully saturated rings. The topological polar surface area (TPSA) is 132 Å². The average Bonchev–Trinajstić information content (AvgIpc) is 3.48. The number of hydrogen-bond donors (Lipinski definition) is 1. The molecule has 1 aliphatic rings. The second kappa shape index (κ2) is 9.22. The largest absolute Gasteiger partial charge is 0.508 e. The molecule has 0 radical (unpaired) electrons. The first kappa shape index (κ1) is 22.8. The molecule has 11 heteroatoms. The van der Waals surface area contributed by atoms with Crippen LogP contribution in [0.1, 0.15) is 41.0 Å². The number of phenolic OH excluding ortho intramolecular Hbond substituents is 1. The number of amides is 1. The lowest BCUT2D eigenvalue weighted by Gasteiger charge is -2.21. The molecule has 0 aliphatic carbocycles. The number of aromatic hydroxyl groups is 1. The summed E-state index contributed by atoms with van der Waals surface area (Å²) in [7, 11) is 3.05. The maximum atomic E-state index is 13.5. The number of carbonyl (C=O) groups is 1. The Hall–Kier alpha value is -4.41. The number of aromatic nitrogens is 2. The molecule has 176 valence electrons. The molecular weight excluding hydrogens is 442 g/mol.